The molecule has 0 bridgehead atoms. The summed E-state index contributed by atoms with van der Waals surface area (Å²) < 4.78 is 0. The summed E-state index contributed by atoms with van der Waals surface area (Å²) in [6.07, 6.45) is 7.02. The van der Waals surface area contributed by atoms with Gasteiger partial charge in [0.15, 0.2) is 0 Å². The molecule has 1 amide bonds. The lowest BCUT2D eigenvalue weighted by atomic mass is 9.95. The van der Waals surface area contributed by atoms with Crippen LogP contribution < -0.4 is 5.32 Å². The van der Waals surface area contributed by atoms with Gasteiger partial charge in [0.05, 0.1) is 0 Å². The van der Waals surface area contributed by atoms with Gasteiger partial charge in [-0.2, -0.15) is 0 Å². The zero-order chi connectivity index (χ0) is 7.40. The third-order valence-corrected chi connectivity index (χ3v) is 1.81. The predicted octanol–water partition coefficient (Wildman–Crippen LogP) is 1.27. The maximum atomic E-state index is 10.6. The van der Waals surface area contributed by atoms with Crippen molar-refractivity contribution in [3.05, 3.63) is 6.42 Å². The van der Waals surface area contributed by atoms with Crippen LogP contribution in [0.4, 0.5) is 0 Å². The predicted molar refractivity (Wildman–Crippen MR) is 40.4 cm³/mol. The number of nitrogens with one attached hydrogen (secondary N) is 1. The van der Waals surface area contributed by atoms with E-state index in [2.05, 4.69) is 11.7 Å². The first-order valence-corrected chi connectivity index (χ1v) is 3.89. The van der Waals surface area contributed by atoms with Crippen LogP contribution >= 0.6 is 0 Å². The molecule has 10 heavy (non-hydrogen) atoms. The Morgan fingerprint density at radius 2 is 2.40 bits per heavy atom. The maximum Gasteiger partial charge on any atom is 0.217 e. The molecule has 0 saturated heterocycles. The van der Waals surface area contributed by atoms with Crippen LogP contribution in [0.1, 0.15) is 32.6 Å². The molecule has 2 heteroatoms. The molecule has 1 aliphatic rings. The van der Waals surface area contributed by atoms with Gasteiger partial charge in [-0.15, -0.1) is 0 Å². The van der Waals surface area contributed by atoms with Gasteiger partial charge < -0.3 is 5.32 Å². The Morgan fingerprint density at radius 3 is 2.90 bits per heavy atom. The van der Waals surface area contributed by atoms with E-state index in [1.165, 1.54) is 12.8 Å². The van der Waals surface area contributed by atoms with Crippen LogP contribution in [0.2, 0.25) is 0 Å². The van der Waals surface area contributed by atoms with Crippen LogP contribution in [0.15, 0.2) is 0 Å². The monoisotopic (exact) mass is 140 g/mol. The molecule has 0 heterocycles. The molecule has 0 unspecified atom stereocenters. The third kappa shape index (κ3) is 2.38. The van der Waals surface area contributed by atoms with Crippen molar-refractivity contribution in [2.75, 3.05) is 0 Å². The Balaban J connectivity index is 2.19. The molecule has 1 saturated carbocycles. The Bertz CT molecular complexity index is 116. The summed E-state index contributed by atoms with van der Waals surface area (Å²) in [5.41, 5.74) is 0. The van der Waals surface area contributed by atoms with Crippen molar-refractivity contribution in [3.8, 4) is 0 Å². The molecule has 1 aliphatic carbocycles. The average Bonchev–Trinajstić information content (AvgIpc) is 1.88. The van der Waals surface area contributed by atoms with Crippen molar-refractivity contribution in [2.24, 2.45) is 0 Å². The quantitative estimate of drug-likeness (QED) is 0.584. The highest BCUT2D eigenvalue weighted by Gasteiger charge is 2.13. The second-order valence-corrected chi connectivity index (χ2v) is 2.83. The Kier molecular flexibility index (Phi) is 2.72. The van der Waals surface area contributed by atoms with Crippen LogP contribution in [0.5, 0.6) is 0 Å². The molecule has 1 N–H and O–H groups in total. The van der Waals surface area contributed by atoms with E-state index < -0.39 is 0 Å². The van der Waals surface area contributed by atoms with Gasteiger partial charge in [-0.1, -0.05) is 12.8 Å². The highest BCUT2D eigenvalue weighted by atomic mass is 16.1. The van der Waals surface area contributed by atoms with Gasteiger partial charge in [0.2, 0.25) is 5.91 Å². The summed E-state index contributed by atoms with van der Waals surface area (Å²) in [4.78, 5) is 10.6. The van der Waals surface area contributed by atoms with Crippen molar-refractivity contribution >= 4 is 5.91 Å². The molecule has 1 radical (unpaired) electrons. The molecule has 0 spiro atoms. The number of hydrogen-bond acceptors (Lipinski definition) is 1. The topological polar surface area (TPSA) is 29.1 Å². The summed E-state index contributed by atoms with van der Waals surface area (Å²) in [7, 11) is 0. The summed E-state index contributed by atoms with van der Waals surface area (Å²) >= 11 is 0. The van der Waals surface area contributed by atoms with Gasteiger partial charge in [0.25, 0.3) is 0 Å². The number of hydrogen-bond donors (Lipinski definition) is 1. The van der Waals surface area contributed by atoms with Gasteiger partial charge in [0, 0.05) is 13.0 Å². The highest BCUT2D eigenvalue weighted by Crippen LogP contribution is 2.15. The fourth-order valence-corrected chi connectivity index (χ4v) is 1.34. The Morgan fingerprint density at radius 1 is 1.60 bits per heavy atom. The van der Waals surface area contributed by atoms with E-state index >= 15 is 0 Å². The van der Waals surface area contributed by atoms with Crippen molar-refractivity contribution in [3.63, 3.8) is 0 Å². The van der Waals surface area contributed by atoms with Crippen LogP contribution in [-0.4, -0.2) is 11.9 Å². The van der Waals surface area contributed by atoms with Gasteiger partial charge in [0.1, 0.15) is 0 Å². The second kappa shape index (κ2) is 3.59. The summed E-state index contributed by atoms with van der Waals surface area (Å²) in [5.74, 6) is 0.0863. The van der Waals surface area contributed by atoms with Crippen molar-refractivity contribution < 1.29 is 4.79 Å². The Labute approximate surface area is 62.0 Å². The van der Waals surface area contributed by atoms with E-state index in [1.54, 1.807) is 6.92 Å². The van der Waals surface area contributed by atoms with Gasteiger partial charge in [-0.3, -0.25) is 4.79 Å². The molecule has 1 fully saturated rings. The maximum absolute atomic E-state index is 10.6. The molecular formula is C8H14NO. The molecule has 1 atom stereocenters. The summed E-state index contributed by atoms with van der Waals surface area (Å²) in [5, 5.41) is 2.89. The van der Waals surface area contributed by atoms with E-state index in [0.29, 0.717) is 6.04 Å². The standard InChI is InChI=1S/C8H14NO/c1-7(10)9-8-5-3-2-4-6-8/h5,8H,2-4,6H2,1H3,(H,9,10)/t8-/m1/s1. The minimum Gasteiger partial charge on any atom is -0.353 e. The number of amides is 1. The fraction of sp³-hybridized carbons (Fsp3) is 0.750. The minimum absolute atomic E-state index is 0.0863. The Hall–Kier alpha value is -0.530. The van der Waals surface area contributed by atoms with Crippen LogP contribution in [-0.2, 0) is 4.79 Å². The molecule has 0 aliphatic heterocycles. The van der Waals surface area contributed by atoms with Crippen molar-refractivity contribution in [1.82, 2.24) is 5.32 Å². The van der Waals surface area contributed by atoms with E-state index in [4.69, 9.17) is 0 Å². The molecule has 2 nitrogen and oxygen atoms in total. The number of rotatable bonds is 1. The van der Waals surface area contributed by atoms with Crippen LogP contribution in [0.25, 0.3) is 0 Å². The van der Waals surface area contributed by atoms with Crippen LogP contribution in [0, 0.1) is 6.42 Å². The molecule has 0 aromatic rings. The van der Waals surface area contributed by atoms with E-state index in [-0.39, 0.29) is 5.91 Å². The fourth-order valence-electron chi connectivity index (χ4n) is 1.34. The van der Waals surface area contributed by atoms with E-state index in [0.717, 1.165) is 12.8 Å². The summed E-state index contributed by atoms with van der Waals surface area (Å²) in [6.45, 7) is 1.57. The normalized spacial score (nSPS) is 20.5. The van der Waals surface area contributed by atoms with Gasteiger partial charge in [-0.25, -0.2) is 0 Å². The molecule has 0 aromatic carbocycles. The van der Waals surface area contributed by atoms with E-state index in [9.17, 15) is 4.79 Å². The number of carbonyl (C=O) groups excluding carboxylic acids is 1. The zero-order valence-corrected chi connectivity index (χ0v) is 6.39. The first kappa shape index (κ1) is 7.58. The third-order valence-electron chi connectivity index (χ3n) is 1.81. The van der Waals surface area contributed by atoms with Crippen molar-refractivity contribution in [1.29, 1.82) is 0 Å². The van der Waals surface area contributed by atoms with Gasteiger partial charge in [-0.05, 0) is 19.3 Å². The smallest absolute Gasteiger partial charge is 0.217 e. The largest absolute Gasteiger partial charge is 0.353 e. The highest BCUT2D eigenvalue weighted by molar-refractivity contribution is 5.73. The van der Waals surface area contributed by atoms with Crippen LogP contribution in [0.3, 0.4) is 0 Å². The van der Waals surface area contributed by atoms with Crippen molar-refractivity contribution in [2.45, 2.75) is 38.6 Å². The molecule has 1 rings (SSSR count). The van der Waals surface area contributed by atoms with Gasteiger partial charge >= 0.3 is 0 Å². The second-order valence-electron chi connectivity index (χ2n) is 2.83. The minimum atomic E-state index is 0.0863. The SMILES string of the molecule is CC(=O)N[C@@H]1[CH]CCCC1. The first-order valence-electron chi connectivity index (χ1n) is 3.89. The lowest BCUT2D eigenvalue weighted by Crippen LogP contribution is -2.34. The lowest BCUT2D eigenvalue weighted by Gasteiger charge is -2.21. The molecule has 57 valence electrons. The average molecular weight is 140 g/mol. The zero-order valence-electron chi connectivity index (χ0n) is 6.39. The number of carbonyl (C=O) groups is 1. The summed E-state index contributed by atoms with van der Waals surface area (Å²) in [6, 6.07) is 0.353. The first-order chi connectivity index (χ1) is 4.79. The van der Waals surface area contributed by atoms with E-state index in [1.807, 2.05) is 0 Å². The molecular weight excluding hydrogens is 126 g/mol. The molecule has 0 aromatic heterocycles. The lowest BCUT2D eigenvalue weighted by molar-refractivity contribution is -0.119.